The average Bonchev–Trinajstić information content (AvgIpc) is 3.25. The highest BCUT2D eigenvalue weighted by Gasteiger charge is 2.32. The quantitative estimate of drug-likeness (QED) is 0.413. The molecule has 0 unspecified atom stereocenters. The number of aromatic nitrogens is 3. The van der Waals surface area contributed by atoms with Crippen LogP contribution in [0.5, 0.6) is 0 Å². The van der Waals surface area contributed by atoms with Crippen molar-refractivity contribution >= 4 is 10.0 Å². The molecule has 0 aliphatic carbocycles. The van der Waals surface area contributed by atoms with Gasteiger partial charge in [-0.3, -0.25) is 4.98 Å². The Morgan fingerprint density at radius 3 is 2.19 bits per heavy atom. The molecule has 4 rings (SSSR count). The molecule has 4 aromatic rings. The molecule has 0 atom stereocenters. The van der Waals surface area contributed by atoms with Crippen LogP contribution in [0.25, 0.3) is 22.3 Å². The maximum absolute atomic E-state index is 14.0. The van der Waals surface area contributed by atoms with Crippen molar-refractivity contribution in [2.24, 2.45) is 0 Å². The molecule has 0 saturated heterocycles. The lowest BCUT2D eigenvalue weighted by molar-refractivity contribution is -0.137. The van der Waals surface area contributed by atoms with Crippen molar-refractivity contribution in [3.63, 3.8) is 0 Å². The fourth-order valence-electron chi connectivity index (χ4n) is 3.00. The zero-order valence-electron chi connectivity index (χ0n) is 15.6. The fourth-order valence-corrected chi connectivity index (χ4v) is 4.19. The monoisotopic (exact) mass is 447 g/mol. The summed E-state index contributed by atoms with van der Waals surface area (Å²) in [5.41, 5.74) is 0.0252. The van der Waals surface area contributed by atoms with Gasteiger partial charge in [0.1, 0.15) is 10.7 Å². The van der Waals surface area contributed by atoms with Gasteiger partial charge in [0.15, 0.2) is 0 Å². The molecule has 2 aromatic heterocycles. The Bertz CT molecular complexity index is 1350. The van der Waals surface area contributed by atoms with E-state index < -0.39 is 32.5 Å². The summed E-state index contributed by atoms with van der Waals surface area (Å²) < 4.78 is 80.3. The van der Waals surface area contributed by atoms with Crippen LogP contribution in [0.1, 0.15) is 5.56 Å². The normalized spacial score (nSPS) is 12.1. The summed E-state index contributed by atoms with van der Waals surface area (Å²) in [6, 6.07) is 11.3. The molecule has 10 heteroatoms. The third-order valence-electron chi connectivity index (χ3n) is 4.51. The van der Waals surface area contributed by atoms with Gasteiger partial charge in [0, 0.05) is 23.5 Å². The predicted octanol–water partition coefficient (Wildman–Crippen LogP) is 5.01. The molecule has 31 heavy (non-hydrogen) atoms. The van der Waals surface area contributed by atoms with Gasteiger partial charge in [0.2, 0.25) is 0 Å². The molecule has 0 radical (unpaired) electrons. The highest BCUT2D eigenvalue weighted by atomic mass is 32.2. The van der Waals surface area contributed by atoms with Crippen LogP contribution in [0.2, 0.25) is 0 Å². The summed E-state index contributed by atoms with van der Waals surface area (Å²) in [6.07, 6.45) is 0.453. The highest BCUT2D eigenvalue weighted by Crippen LogP contribution is 2.36. The van der Waals surface area contributed by atoms with Crippen LogP contribution >= 0.6 is 0 Å². The van der Waals surface area contributed by atoms with Gasteiger partial charge in [-0.1, -0.05) is 18.2 Å². The maximum Gasteiger partial charge on any atom is 0.416 e. The first kappa shape index (κ1) is 20.7. The first-order chi connectivity index (χ1) is 14.7. The second-order valence-electron chi connectivity index (χ2n) is 6.58. The minimum absolute atomic E-state index is 0.101. The summed E-state index contributed by atoms with van der Waals surface area (Å²) in [7, 11) is -4.36. The van der Waals surface area contributed by atoms with Crippen LogP contribution in [-0.2, 0) is 16.2 Å². The zero-order valence-corrected chi connectivity index (χ0v) is 16.4. The number of hydrogen-bond donors (Lipinski definition) is 0. The number of pyridine rings is 1. The Morgan fingerprint density at radius 2 is 1.55 bits per heavy atom. The van der Waals surface area contributed by atoms with E-state index in [0.29, 0.717) is 9.65 Å². The van der Waals surface area contributed by atoms with E-state index in [0.717, 1.165) is 36.7 Å². The van der Waals surface area contributed by atoms with E-state index in [-0.39, 0.29) is 16.7 Å². The Morgan fingerprint density at radius 1 is 0.839 bits per heavy atom. The van der Waals surface area contributed by atoms with Crippen molar-refractivity contribution in [1.82, 2.24) is 14.2 Å². The van der Waals surface area contributed by atoms with Gasteiger partial charge >= 0.3 is 6.18 Å². The van der Waals surface area contributed by atoms with E-state index in [1.165, 1.54) is 30.6 Å². The average molecular weight is 447 g/mol. The lowest BCUT2D eigenvalue weighted by atomic mass is 9.98. The lowest BCUT2D eigenvalue weighted by Gasteiger charge is -2.12. The van der Waals surface area contributed by atoms with Crippen molar-refractivity contribution in [3.8, 4) is 22.3 Å². The Kier molecular flexibility index (Phi) is 5.10. The SMILES string of the molecule is O=S(=O)(c1ccccc1F)n1cc(-c2cc(-c3cccnc3)cc(C(F)(F)F)c2)cn1. The molecule has 0 fully saturated rings. The van der Waals surface area contributed by atoms with Crippen molar-refractivity contribution in [2.75, 3.05) is 0 Å². The van der Waals surface area contributed by atoms with E-state index in [1.54, 1.807) is 12.1 Å². The molecular weight excluding hydrogens is 434 g/mol. The number of rotatable bonds is 4. The van der Waals surface area contributed by atoms with Crippen LogP contribution in [-0.4, -0.2) is 22.6 Å². The highest BCUT2D eigenvalue weighted by molar-refractivity contribution is 7.89. The van der Waals surface area contributed by atoms with Crippen LogP contribution in [0.15, 0.2) is 84.3 Å². The summed E-state index contributed by atoms with van der Waals surface area (Å²) in [5, 5.41) is 3.74. The van der Waals surface area contributed by atoms with Gasteiger partial charge in [0.05, 0.1) is 18.0 Å². The van der Waals surface area contributed by atoms with Crippen molar-refractivity contribution in [3.05, 3.63) is 90.8 Å². The van der Waals surface area contributed by atoms with Gasteiger partial charge in [-0.15, -0.1) is 0 Å². The smallest absolute Gasteiger partial charge is 0.264 e. The second kappa shape index (κ2) is 7.62. The van der Waals surface area contributed by atoms with Crippen LogP contribution < -0.4 is 0 Å². The topological polar surface area (TPSA) is 64.8 Å². The minimum Gasteiger partial charge on any atom is -0.264 e. The second-order valence-corrected chi connectivity index (χ2v) is 8.34. The Hall–Kier alpha value is -3.53. The summed E-state index contributed by atoms with van der Waals surface area (Å²) in [6.45, 7) is 0. The standard InChI is InChI=1S/C21H13F4N3O2S/c22-19-5-1-2-6-20(19)31(29,30)28-13-17(12-27-28)16-8-15(14-4-3-7-26-11-14)9-18(10-16)21(23,24)25/h1-13H. The van der Waals surface area contributed by atoms with Gasteiger partial charge < -0.3 is 0 Å². The molecule has 158 valence electrons. The summed E-state index contributed by atoms with van der Waals surface area (Å²) in [5.74, 6) is -0.961. The minimum atomic E-state index is -4.62. The molecule has 5 nitrogen and oxygen atoms in total. The Labute approximate surface area is 174 Å². The maximum atomic E-state index is 14.0. The van der Waals surface area contributed by atoms with Gasteiger partial charge in [-0.25, -0.2) is 4.39 Å². The third kappa shape index (κ3) is 4.06. The molecule has 2 aromatic carbocycles. The van der Waals surface area contributed by atoms with E-state index in [1.807, 2.05) is 0 Å². The van der Waals surface area contributed by atoms with Crippen LogP contribution in [0, 0.1) is 5.82 Å². The van der Waals surface area contributed by atoms with Crippen molar-refractivity contribution in [1.29, 1.82) is 0 Å². The van der Waals surface area contributed by atoms with Gasteiger partial charge in [-0.05, 0) is 47.5 Å². The van der Waals surface area contributed by atoms with Gasteiger partial charge in [-0.2, -0.15) is 30.8 Å². The zero-order chi connectivity index (χ0) is 22.2. The third-order valence-corrected chi connectivity index (χ3v) is 6.09. The molecular formula is C21H13F4N3O2S. The summed E-state index contributed by atoms with van der Waals surface area (Å²) >= 11 is 0. The lowest BCUT2D eigenvalue weighted by Crippen LogP contribution is -2.14. The predicted molar refractivity (Wildman–Crippen MR) is 105 cm³/mol. The molecule has 0 aliphatic heterocycles. The first-order valence-corrected chi connectivity index (χ1v) is 10.3. The fraction of sp³-hybridized carbons (Fsp3) is 0.0476. The number of halogens is 4. The first-order valence-electron chi connectivity index (χ1n) is 8.84. The van der Waals surface area contributed by atoms with Crippen molar-refractivity contribution in [2.45, 2.75) is 11.1 Å². The van der Waals surface area contributed by atoms with E-state index >= 15 is 0 Å². The molecule has 0 N–H and O–H groups in total. The summed E-state index contributed by atoms with van der Waals surface area (Å²) in [4.78, 5) is 3.33. The molecule has 0 aliphatic rings. The molecule has 0 bridgehead atoms. The van der Waals surface area contributed by atoms with Crippen LogP contribution in [0.3, 0.4) is 0 Å². The largest absolute Gasteiger partial charge is 0.416 e. The molecule has 0 spiro atoms. The van der Waals surface area contributed by atoms with E-state index in [9.17, 15) is 26.0 Å². The molecule has 2 heterocycles. The van der Waals surface area contributed by atoms with E-state index in [2.05, 4.69) is 10.1 Å². The number of hydrogen-bond acceptors (Lipinski definition) is 4. The van der Waals surface area contributed by atoms with Crippen LogP contribution in [0.4, 0.5) is 17.6 Å². The van der Waals surface area contributed by atoms with Gasteiger partial charge in [0.25, 0.3) is 10.0 Å². The molecule has 0 saturated carbocycles. The van der Waals surface area contributed by atoms with E-state index in [4.69, 9.17) is 0 Å². The number of benzene rings is 2. The Balaban J connectivity index is 1.83. The molecule has 0 amide bonds. The van der Waals surface area contributed by atoms with Crippen molar-refractivity contribution < 1.29 is 26.0 Å². The number of alkyl halides is 3. The number of nitrogens with zero attached hydrogens (tertiary/aromatic N) is 3.